The van der Waals surface area contributed by atoms with Gasteiger partial charge in [-0.2, -0.15) is 5.10 Å². The minimum absolute atomic E-state index is 0.0507. The molecule has 6 nitrogen and oxygen atoms in total. The monoisotopic (exact) mass is 450 g/mol. The normalized spacial score (nSPS) is 18.9. The van der Waals surface area contributed by atoms with Crippen molar-refractivity contribution in [2.45, 2.75) is 18.7 Å². The number of halogens is 1. The standard InChI is InChI=1S/C25H23ClN2O4/c1-29-22-12-16(13-23(30-2)24(22)31-3)25-28-20(18-6-4-5-7-21(18)32-25)14-19(27-28)15-8-10-17(26)11-9-15/h4-13,20,25H,14H2,1-3H3/t20-,25+/m1/s1. The van der Waals surface area contributed by atoms with E-state index < -0.39 is 6.23 Å². The van der Waals surface area contributed by atoms with Gasteiger partial charge in [0.25, 0.3) is 0 Å². The molecule has 0 unspecified atom stereocenters. The maximum Gasteiger partial charge on any atom is 0.214 e. The van der Waals surface area contributed by atoms with Gasteiger partial charge < -0.3 is 18.9 Å². The zero-order chi connectivity index (χ0) is 22.2. The number of hydrogen-bond acceptors (Lipinski definition) is 6. The molecule has 0 amide bonds. The van der Waals surface area contributed by atoms with Gasteiger partial charge in [-0.05, 0) is 35.9 Å². The molecule has 0 aliphatic carbocycles. The second-order valence-electron chi connectivity index (χ2n) is 7.62. The number of hydrogen-bond donors (Lipinski definition) is 0. The summed E-state index contributed by atoms with van der Waals surface area (Å²) >= 11 is 6.09. The van der Waals surface area contributed by atoms with Crippen LogP contribution in [-0.4, -0.2) is 32.0 Å². The van der Waals surface area contributed by atoms with E-state index in [1.54, 1.807) is 21.3 Å². The van der Waals surface area contributed by atoms with E-state index in [1.165, 1.54) is 0 Å². The minimum Gasteiger partial charge on any atom is -0.493 e. The largest absolute Gasteiger partial charge is 0.493 e. The van der Waals surface area contributed by atoms with Gasteiger partial charge in [-0.15, -0.1) is 0 Å². The molecule has 0 saturated carbocycles. The summed E-state index contributed by atoms with van der Waals surface area (Å²) in [7, 11) is 4.80. The Bertz CT molecular complexity index is 1150. The van der Waals surface area contributed by atoms with E-state index in [0.29, 0.717) is 22.3 Å². The molecule has 2 atom stereocenters. The molecule has 0 N–H and O–H groups in total. The van der Waals surface area contributed by atoms with Gasteiger partial charge in [-0.25, -0.2) is 5.01 Å². The fourth-order valence-electron chi connectivity index (χ4n) is 4.31. The van der Waals surface area contributed by atoms with Crippen LogP contribution in [0.15, 0.2) is 65.8 Å². The molecule has 3 aromatic rings. The highest BCUT2D eigenvalue weighted by atomic mass is 35.5. The molecule has 2 heterocycles. The lowest BCUT2D eigenvalue weighted by atomic mass is 9.96. The Hall–Kier alpha value is -3.38. The lowest BCUT2D eigenvalue weighted by Gasteiger charge is -2.38. The predicted octanol–water partition coefficient (Wildman–Crippen LogP) is 5.61. The van der Waals surface area contributed by atoms with E-state index in [0.717, 1.165) is 34.6 Å². The minimum atomic E-state index is -0.451. The summed E-state index contributed by atoms with van der Waals surface area (Å²) in [5.74, 6) is 2.53. The summed E-state index contributed by atoms with van der Waals surface area (Å²) in [6, 6.07) is 19.7. The van der Waals surface area contributed by atoms with Crippen LogP contribution in [0.1, 0.15) is 35.4 Å². The topological polar surface area (TPSA) is 52.5 Å². The van der Waals surface area contributed by atoms with Gasteiger partial charge in [-0.3, -0.25) is 0 Å². The van der Waals surface area contributed by atoms with Gasteiger partial charge in [-0.1, -0.05) is 41.9 Å². The fourth-order valence-corrected chi connectivity index (χ4v) is 4.44. The first-order chi connectivity index (χ1) is 15.6. The van der Waals surface area contributed by atoms with Crippen LogP contribution in [0.2, 0.25) is 5.02 Å². The van der Waals surface area contributed by atoms with Crippen molar-refractivity contribution in [3.63, 3.8) is 0 Å². The Kier molecular flexibility index (Phi) is 5.31. The maximum absolute atomic E-state index is 6.45. The molecule has 0 fully saturated rings. The Morgan fingerprint density at radius 3 is 2.28 bits per heavy atom. The van der Waals surface area contributed by atoms with Gasteiger partial charge in [0.15, 0.2) is 11.5 Å². The number of rotatable bonds is 5. The SMILES string of the molecule is COc1cc([C@@H]2Oc3ccccc3[C@H]3CC(c4ccc(Cl)cc4)=NN32)cc(OC)c1OC. The third-order valence-corrected chi connectivity index (χ3v) is 6.10. The van der Waals surface area contributed by atoms with Crippen molar-refractivity contribution in [1.29, 1.82) is 0 Å². The molecule has 7 heteroatoms. The molecule has 5 rings (SSSR count). The van der Waals surface area contributed by atoms with Gasteiger partial charge in [0.1, 0.15) is 5.75 Å². The molecular formula is C25H23ClN2O4. The zero-order valence-electron chi connectivity index (χ0n) is 18.0. The fraction of sp³-hybridized carbons (Fsp3) is 0.240. The van der Waals surface area contributed by atoms with E-state index in [2.05, 4.69) is 6.07 Å². The van der Waals surface area contributed by atoms with Gasteiger partial charge >= 0.3 is 0 Å². The molecule has 32 heavy (non-hydrogen) atoms. The maximum atomic E-state index is 6.45. The van der Waals surface area contributed by atoms with Gasteiger partial charge in [0, 0.05) is 22.6 Å². The van der Waals surface area contributed by atoms with Crippen LogP contribution in [0.25, 0.3) is 0 Å². The first-order valence-electron chi connectivity index (χ1n) is 10.3. The van der Waals surface area contributed by atoms with Crippen molar-refractivity contribution in [3.05, 3.63) is 82.4 Å². The molecule has 164 valence electrons. The number of benzene rings is 3. The van der Waals surface area contributed by atoms with Crippen LogP contribution in [0.3, 0.4) is 0 Å². The Balaban J connectivity index is 1.61. The van der Waals surface area contributed by atoms with E-state index in [-0.39, 0.29) is 6.04 Å². The Labute approximate surface area is 191 Å². The lowest BCUT2D eigenvalue weighted by Crippen LogP contribution is -2.33. The second kappa shape index (κ2) is 8.28. The quantitative estimate of drug-likeness (QED) is 0.505. The van der Waals surface area contributed by atoms with E-state index in [1.807, 2.05) is 59.6 Å². The van der Waals surface area contributed by atoms with Crippen LogP contribution >= 0.6 is 11.6 Å². The number of methoxy groups -OCH3 is 3. The predicted molar refractivity (Wildman–Crippen MR) is 123 cm³/mol. The van der Waals surface area contributed by atoms with E-state index >= 15 is 0 Å². The summed E-state index contributed by atoms with van der Waals surface area (Å²) in [5.41, 5.74) is 4.01. The van der Waals surface area contributed by atoms with Crippen molar-refractivity contribution < 1.29 is 18.9 Å². The average Bonchev–Trinajstić information content (AvgIpc) is 3.28. The van der Waals surface area contributed by atoms with Crippen molar-refractivity contribution in [2.75, 3.05) is 21.3 Å². The molecule has 2 aliphatic rings. The van der Waals surface area contributed by atoms with Crippen molar-refractivity contribution >= 4 is 17.3 Å². The highest BCUT2D eigenvalue weighted by Gasteiger charge is 2.41. The molecule has 0 aromatic heterocycles. The summed E-state index contributed by atoms with van der Waals surface area (Å²) in [6.45, 7) is 0. The van der Waals surface area contributed by atoms with Crippen molar-refractivity contribution in [1.82, 2.24) is 5.01 Å². The molecule has 3 aromatic carbocycles. The number of fused-ring (bicyclic) bond motifs is 3. The molecule has 0 bridgehead atoms. The average molecular weight is 451 g/mol. The van der Waals surface area contributed by atoms with Crippen LogP contribution in [0.5, 0.6) is 23.0 Å². The summed E-state index contributed by atoms with van der Waals surface area (Å²) < 4.78 is 23.1. The first kappa shape index (κ1) is 20.5. The summed E-state index contributed by atoms with van der Waals surface area (Å²) in [5, 5.41) is 7.71. The zero-order valence-corrected chi connectivity index (χ0v) is 18.8. The van der Waals surface area contributed by atoms with Crippen molar-refractivity contribution in [2.24, 2.45) is 5.10 Å². The van der Waals surface area contributed by atoms with Gasteiger partial charge in [0.2, 0.25) is 12.0 Å². The molecular weight excluding hydrogens is 428 g/mol. The Morgan fingerprint density at radius 1 is 0.938 bits per heavy atom. The number of para-hydroxylation sites is 1. The van der Waals surface area contributed by atoms with Crippen LogP contribution in [0, 0.1) is 0 Å². The summed E-state index contributed by atoms with van der Waals surface area (Å²) in [6.07, 6.45) is 0.316. The highest BCUT2D eigenvalue weighted by Crippen LogP contribution is 2.49. The number of ether oxygens (including phenoxy) is 4. The van der Waals surface area contributed by atoms with Gasteiger partial charge in [0.05, 0.1) is 33.1 Å². The first-order valence-corrected chi connectivity index (χ1v) is 10.7. The molecule has 0 radical (unpaired) electrons. The smallest absolute Gasteiger partial charge is 0.214 e. The third kappa shape index (κ3) is 3.41. The van der Waals surface area contributed by atoms with Crippen LogP contribution < -0.4 is 18.9 Å². The molecule has 2 aliphatic heterocycles. The van der Waals surface area contributed by atoms with E-state index in [4.69, 9.17) is 35.6 Å². The third-order valence-electron chi connectivity index (χ3n) is 5.85. The molecule has 0 spiro atoms. The van der Waals surface area contributed by atoms with Crippen LogP contribution in [0.4, 0.5) is 0 Å². The highest BCUT2D eigenvalue weighted by molar-refractivity contribution is 6.30. The number of hydrazone groups is 1. The molecule has 0 saturated heterocycles. The number of nitrogens with zero attached hydrogens (tertiary/aromatic N) is 2. The summed E-state index contributed by atoms with van der Waals surface area (Å²) in [4.78, 5) is 0. The lowest BCUT2D eigenvalue weighted by molar-refractivity contribution is -0.0192. The van der Waals surface area contributed by atoms with Crippen molar-refractivity contribution in [3.8, 4) is 23.0 Å². The van der Waals surface area contributed by atoms with E-state index in [9.17, 15) is 0 Å². The Morgan fingerprint density at radius 2 is 1.62 bits per heavy atom. The van der Waals surface area contributed by atoms with Crippen LogP contribution in [-0.2, 0) is 0 Å². The second-order valence-corrected chi connectivity index (χ2v) is 8.06.